The Balaban J connectivity index is 1.71. The van der Waals surface area contributed by atoms with E-state index >= 15 is 0 Å². The van der Waals surface area contributed by atoms with Crippen LogP contribution >= 0.6 is 11.3 Å². The van der Waals surface area contributed by atoms with Gasteiger partial charge in [-0.2, -0.15) is 4.31 Å². The van der Waals surface area contributed by atoms with Crippen molar-refractivity contribution in [2.45, 2.75) is 11.3 Å². The van der Waals surface area contributed by atoms with Gasteiger partial charge in [-0.3, -0.25) is 20.4 Å². The van der Waals surface area contributed by atoms with Crippen LogP contribution in [0.15, 0.2) is 40.6 Å². The van der Waals surface area contributed by atoms with Crippen molar-refractivity contribution < 1.29 is 27.5 Å². The van der Waals surface area contributed by atoms with Crippen molar-refractivity contribution >= 4 is 33.2 Å². The van der Waals surface area contributed by atoms with E-state index in [9.17, 15) is 18.0 Å². The second kappa shape index (κ2) is 9.35. The van der Waals surface area contributed by atoms with Gasteiger partial charge in [0.2, 0.25) is 15.9 Å². The highest BCUT2D eigenvalue weighted by Gasteiger charge is 2.29. The number of benzene rings is 1. The summed E-state index contributed by atoms with van der Waals surface area (Å²) in [5, 5.41) is 1.75. The number of methoxy groups -OCH3 is 1. The number of rotatable bonds is 6. The van der Waals surface area contributed by atoms with Crippen molar-refractivity contribution in [1.82, 2.24) is 15.2 Å². The second-order valence-electron chi connectivity index (χ2n) is 6.16. The molecule has 0 bridgehead atoms. The SMILES string of the molecule is COc1ccc(CC(=O)NNC(=O)c2cccs2)cc1S(=O)(=O)N1CCOCC1. The number of nitrogens with one attached hydrogen (secondary N) is 2. The number of hydrogen-bond donors (Lipinski definition) is 2. The lowest BCUT2D eigenvalue weighted by molar-refractivity contribution is -0.121. The number of carbonyl (C=O) groups excluding carboxylic acids is 2. The summed E-state index contributed by atoms with van der Waals surface area (Å²) in [6.45, 7) is 1.16. The van der Waals surface area contributed by atoms with Crippen LogP contribution in [0, 0.1) is 0 Å². The molecule has 2 N–H and O–H groups in total. The highest BCUT2D eigenvalue weighted by Crippen LogP contribution is 2.28. The third kappa shape index (κ3) is 5.12. The third-order valence-corrected chi connectivity index (χ3v) is 7.03. The van der Waals surface area contributed by atoms with Crippen molar-refractivity contribution in [2.24, 2.45) is 0 Å². The first-order valence-corrected chi connectivity index (χ1v) is 11.1. The van der Waals surface area contributed by atoms with E-state index in [1.165, 1.54) is 34.9 Å². The largest absolute Gasteiger partial charge is 0.495 e. The topological polar surface area (TPSA) is 114 Å². The molecule has 1 fully saturated rings. The minimum absolute atomic E-state index is 0.00480. The van der Waals surface area contributed by atoms with Crippen molar-refractivity contribution in [3.63, 3.8) is 0 Å². The number of nitrogens with zero attached hydrogens (tertiary/aromatic N) is 1. The maximum Gasteiger partial charge on any atom is 0.279 e. The molecule has 0 aliphatic carbocycles. The lowest BCUT2D eigenvalue weighted by atomic mass is 10.1. The van der Waals surface area contributed by atoms with Gasteiger partial charge in [0, 0.05) is 13.1 Å². The summed E-state index contributed by atoms with van der Waals surface area (Å²) < 4.78 is 37.7. The predicted molar refractivity (Wildman–Crippen MR) is 106 cm³/mol. The summed E-state index contributed by atoms with van der Waals surface area (Å²) in [6, 6.07) is 7.91. The summed E-state index contributed by atoms with van der Waals surface area (Å²) in [4.78, 5) is 24.5. The van der Waals surface area contributed by atoms with E-state index in [1.54, 1.807) is 23.6 Å². The number of carbonyl (C=O) groups is 2. The molecular weight excluding hydrogens is 418 g/mol. The molecule has 3 rings (SSSR count). The molecule has 0 saturated carbocycles. The number of hydrazine groups is 1. The quantitative estimate of drug-likeness (QED) is 0.643. The van der Waals surface area contributed by atoms with Crippen LogP contribution in [0.2, 0.25) is 0 Å². The zero-order valence-corrected chi connectivity index (χ0v) is 17.3. The fraction of sp³-hybridized carbons (Fsp3) is 0.333. The first-order valence-electron chi connectivity index (χ1n) is 8.79. The van der Waals surface area contributed by atoms with E-state index in [1.807, 2.05) is 0 Å². The second-order valence-corrected chi connectivity index (χ2v) is 9.01. The smallest absolute Gasteiger partial charge is 0.279 e. The predicted octanol–water partition coefficient (Wildman–Crippen LogP) is 0.781. The van der Waals surface area contributed by atoms with Crippen molar-refractivity contribution in [3.05, 3.63) is 46.2 Å². The molecule has 1 saturated heterocycles. The minimum atomic E-state index is -3.79. The monoisotopic (exact) mass is 439 g/mol. The molecule has 29 heavy (non-hydrogen) atoms. The molecule has 1 aromatic carbocycles. The molecule has 2 heterocycles. The number of thiophene rings is 1. The number of ether oxygens (including phenoxy) is 2. The standard InChI is InChI=1S/C18H21N3O6S2/c1-26-14-5-4-13(11-16(14)29(24,25)21-6-8-27-9-7-21)12-17(22)19-20-18(23)15-3-2-10-28-15/h2-5,10-11H,6-9,12H2,1H3,(H,19,22)(H,20,23). The van der Waals surface area contributed by atoms with E-state index in [0.717, 1.165) is 0 Å². The zero-order chi connectivity index (χ0) is 20.9. The summed E-state index contributed by atoms with van der Waals surface area (Å²) >= 11 is 1.25. The normalized spacial score (nSPS) is 14.9. The molecule has 2 aromatic rings. The zero-order valence-electron chi connectivity index (χ0n) is 15.7. The van der Waals surface area contributed by atoms with Crippen LogP contribution < -0.4 is 15.6 Å². The Morgan fingerprint density at radius 1 is 1.21 bits per heavy atom. The van der Waals surface area contributed by atoms with E-state index in [2.05, 4.69) is 10.9 Å². The molecule has 2 amide bonds. The highest BCUT2D eigenvalue weighted by molar-refractivity contribution is 7.89. The summed E-state index contributed by atoms with van der Waals surface area (Å²) in [5.41, 5.74) is 5.13. The molecular formula is C18H21N3O6S2. The van der Waals surface area contributed by atoms with Crippen molar-refractivity contribution in [2.75, 3.05) is 33.4 Å². The molecule has 156 valence electrons. The molecule has 0 radical (unpaired) electrons. The van der Waals surface area contributed by atoms with E-state index < -0.39 is 21.8 Å². The van der Waals surface area contributed by atoms with E-state index in [-0.39, 0.29) is 30.2 Å². The molecule has 1 aromatic heterocycles. The fourth-order valence-corrected chi connectivity index (χ4v) is 5.02. The first kappa shape index (κ1) is 21.2. The van der Waals surface area contributed by atoms with Crippen molar-refractivity contribution in [3.8, 4) is 5.75 Å². The average Bonchev–Trinajstić information content (AvgIpc) is 3.27. The van der Waals surface area contributed by atoms with Gasteiger partial charge in [0.25, 0.3) is 5.91 Å². The minimum Gasteiger partial charge on any atom is -0.495 e. The molecule has 0 spiro atoms. The summed E-state index contributed by atoms with van der Waals surface area (Å²) in [5.74, 6) is -0.694. The van der Waals surface area contributed by atoms with Crippen LogP contribution in [0.3, 0.4) is 0 Å². The third-order valence-electron chi connectivity index (χ3n) is 4.24. The average molecular weight is 440 g/mol. The van der Waals surface area contributed by atoms with E-state index in [4.69, 9.17) is 9.47 Å². The molecule has 9 nitrogen and oxygen atoms in total. The van der Waals surface area contributed by atoms with Gasteiger partial charge < -0.3 is 9.47 Å². The van der Waals surface area contributed by atoms with Gasteiger partial charge in [-0.05, 0) is 29.1 Å². The van der Waals surface area contributed by atoms with Crippen LogP contribution in [0.5, 0.6) is 5.75 Å². The number of morpholine rings is 1. The Labute approximate surface area is 172 Å². The fourth-order valence-electron chi connectivity index (χ4n) is 2.78. The Hall–Kier alpha value is -2.47. The van der Waals surface area contributed by atoms with Gasteiger partial charge in [0.15, 0.2) is 0 Å². The number of sulfonamides is 1. The van der Waals surface area contributed by atoms with Crippen molar-refractivity contribution in [1.29, 1.82) is 0 Å². The lowest BCUT2D eigenvalue weighted by Gasteiger charge is -2.26. The Morgan fingerprint density at radius 3 is 2.62 bits per heavy atom. The van der Waals surface area contributed by atoms with Crippen LogP contribution in [0.25, 0.3) is 0 Å². The van der Waals surface area contributed by atoms with Gasteiger partial charge in [-0.1, -0.05) is 12.1 Å². The van der Waals surface area contributed by atoms with Gasteiger partial charge in [0.05, 0.1) is 31.6 Å². The summed E-state index contributed by atoms with van der Waals surface area (Å²) in [6.07, 6.45) is -0.111. The van der Waals surface area contributed by atoms with Crippen LogP contribution in [-0.4, -0.2) is 58.0 Å². The van der Waals surface area contributed by atoms with Gasteiger partial charge >= 0.3 is 0 Å². The molecule has 0 atom stereocenters. The van der Waals surface area contributed by atoms with Gasteiger partial charge in [0.1, 0.15) is 10.6 Å². The molecule has 1 aliphatic rings. The Kier molecular flexibility index (Phi) is 6.85. The molecule has 11 heteroatoms. The molecule has 0 unspecified atom stereocenters. The van der Waals surface area contributed by atoms with Crippen LogP contribution in [0.1, 0.15) is 15.2 Å². The lowest BCUT2D eigenvalue weighted by Crippen LogP contribution is -2.42. The number of hydrogen-bond acceptors (Lipinski definition) is 7. The number of amides is 2. The maximum atomic E-state index is 13.0. The van der Waals surface area contributed by atoms with Crippen LogP contribution in [-0.2, 0) is 26.0 Å². The van der Waals surface area contributed by atoms with Gasteiger partial charge in [-0.15, -0.1) is 11.3 Å². The molecule has 1 aliphatic heterocycles. The van der Waals surface area contributed by atoms with Gasteiger partial charge in [-0.25, -0.2) is 8.42 Å². The first-order chi connectivity index (χ1) is 13.9. The van der Waals surface area contributed by atoms with E-state index in [0.29, 0.717) is 23.7 Å². The van der Waals surface area contributed by atoms with Crippen LogP contribution in [0.4, 0.5) is 0 Å². The summed E-state index contributed by atoms with van der Waals surface area (Å²) in [7, 11) is -2.40. The Morgan fingerprint density at radius 2 is 1.97 bits per heavy atom. The Bertz CT molecular complexity index is 969. The maximum absolute atomic E-state index is 13.0. The highest BCUT2D eigenvalue weighted by atomic mass is 32.2.